The van der Waals surface area contributed by atoms with E-state index in [9.17, 15) is 0 Å². The van der Waals surface area contributed by atoms with Crippen molar-refractivity contribution in [2.75, 3.05) is 5.73 Å². The summed E-state index contributed by atoms with van der Waals surface area (Å²) in [5.41, 5.74) is 8.43. The Bertz CT molecular complexity index is 526. The van der Waals surface area contributed by atoms with E-state index in [0.29, 0.717) is 16.9 Å². The third-order valence-electron chi connectivity index (χ3n) is 2.14. The zero-order chi connectivity index (χ0) is 10.7. The summed E-state index contributed by atoms with van der Waals surface area (Å²) >= 11 is 0. The molecule has 0 unspecified atom stereocenters. The third-order valence-corrected chi connectivity index (χ3v) is 2.14. The molecule has 0 spiro atoms. The van der Waals surface area contributed by atoms with Crippen LogP contribution in [0.1, 0.15) is 5.56 Å². The summed E-state index contributed by atoms with van der Waals surface area (Å²) in [5, 5.41) is 8.94. The smallest absolute Gasteiger partial charge is 0.101 e. The molecule has 1 aromatic heterocycles. The van der Waals surface area contributed by atoms with E-state index in [0.717, 1.165) is 5.56 Å². The van der Waals surface area contributed by atoms with Gasteiger partial charge in [-0.15, -0.1) is 0 Å². The summed E-state index contributed by atoms with van der Waals surface area (Å²) in [6, 6.07) is 13.0. The van der Waals surface area contributed by atoms with Crippen LogP contribution >= 0.6 is 0 Å². The molecule has 72 valence electrons. The predicted molar refractivity (Wildman–Crippen MR) is 58.8 cm³/mol. The van der Waals surface area contributed by atoms with Crippen LogP contribution in [0.25, 0.3) is 11.3 Å². The van der Waals surface area contributed by atoms with E-state index in [1.165, 1.54) is 0 Å². The van der Waals surface area contributed by atoms with Crippen molar-refractivity contribution in [2.24, 2.45) is 0 Å². The fourth-order valence-corrected chi connectivity index (χ4v) is 1.42. The molecular formula is C12H9N3. The maximum absolute atomic E-state index is 8.94. The minimum absolute atomic E-state index is 0.537. The van der Waals surface area contributed by atoms with E-state index in [-0.39, 0.29) is 0 Å². The first kappa shape index (κ1) is 9.22. The zero-order valence-electron chi connectivity index (χ0n) is 8.01. The van der Waals surface area contributed by atoms with Crippen molar-refractivity contribution < 1.29 is 0 Å². The molecule has 3 nitrogen and oxygen atoms in total. The number of hydrogen-bond acceptors (Lipinski definition) is 3. The topological polar surface area (TPSA) is 62.7 Å². The average Bonchev–Trinajstić information content (AvgIpc) is 2.30. The van der Waals surface area contributed by atoms with E-state index >= 15 is 0 Å². The van der Waals surface area contributed by atoms with Crippen LogP contribution < -0.4 is 5.73 Å². The summed E-state index contributed by atoms with van der Waals surface area (Å²) in [6.45, 7) is 0. The number of nitrogens with two attached hydrogens (primary N) is 1. The van der Waals surface area contributed by atoms with Crippen LogP contribution in [0.4, 0.5) is 5.69 Å². The molecule has 0 radical (unpaired) electrons. The van der Waals surface area contributed by atoms with Crippen LogP contribution in [-0.4, -0.2) is 4.98 Å². The molecule has 2 N–H and O–H groups in total. The predicted octanol–water partition coefficient (Wildman–Crippen LogP) is 2.20. The number of pyridine rings is 1. The Morgan fingerprint density at radius 3 is 2.67 bits per heavy atom. The molecule has 1 aromatic carbocycles. The van der Waals surface area contributed by atoms with Gasteiger partial charge in [0.15, 0.2) is 0 Å². The van der Waals surface area contributed by atoms with Crippen molar-refractivity contribution >= 4 is 5.69 Å². The molecule has 0 fully saturated rings. The Labute approximate surface area is 87.8 Å². The standard InChI is InChI=1S/C12H9N3/c13-8-9-4-3-7-15-12(9)10-5-1-2-6-11(10)14/h1-7H,14H2. The first-order chi connectivity index (χ1) is 7.33. The van der Waals surface area contributed by atoms with Gasteiger partial charge < -0.3 is 5.73 Å². The highest BCUT2D eigenvalue weighted by Gasteiger charge is 2.07. The highest BCUT2D eigenvalue weighted by molar-refractivity contribution is 5.77. The minimum atomic E-state index is 0.537. The molecule has 0 saturated carbocycles. The highest BCUT2D eigenvalue weighted by Crippen LogP contribution is 2.25. The Morgan fingerprint density at radius 1 is 1.13 bits per heavy atom. The molecule has 2 aromatic rings. The van der Waals surface area contributed by atoms with Gasteiger partial charge in [0.05, 0.1) is 11.3 Å². The number of aromatic nitrogens is 1. The molecule has 1 heterocycles. The number of nitriles is 1. The molecule has 15 heavy (non-hydrogen) atoms. The van der Waals surface area contributed by atoms with Crippen LogP contribution in [0.15, 0.2) is 42.6 Å². The Hall–Kier alpha value is -2.34. The van der Waals surface area contributed by atoms with Crippen molar-refractivity contribution in [2.45, 2.75) is 0 Å². The second kappa shape index (κ2) is 3.81. The normalized spacial score (nSPS) is 9.53. The molecule has 0 amide bonds. The summed E-state index contributed by atoms with van der Waals surface area (Å²) in [6.07, 6.45) is 1.66. The van der Waals surface area contributed by atoms with Crippen molar-refractivity contribution in [3.63, 3.8) is 0 Å². The average molecular weight is 195 g/mol. The minimum Gasteiger partial charge on any atom is -0.398 e. The Kier molecular flexibility index (Phi) is 2.34. The lowest BCUT2D eigenvalue weighted by Crippen LogP contribution is -1.93. The molecule has 0 aliphatic heterocycles. The van der Waals surface area contributed by atoms with Crippen molar-refractivity contribution in [3.8, 4) is 17.3 Å². The number of hydrogen-bond donors (Lipinski definition) is 1. The largest absolute Gasteiger partial charge is 0.398 e. The molecule has 2 rings (SSSR count). The lowest BCUT2D eigenvalue weighted by molar-refractivity contribution is 1.30. The molecular weight excluding hydrogens is 186 g/mol. The Balaban J connectivity index is 2.65. The van der Waals surface area contributed by atoms with E-state index in [2.05, 4.69) is 11.1 Å². The zero-order valence-corrected chi connectivity index (χ0v) is 8.01. The van der Waals surface area contributed by atoms with Crippen molar-refractivity contribution in [1.29, 1.82) is 5.26 Å². The second-order valence-corrected chi connectivity index (χ2v) is 3.10. The van der Waals surface area contributed by atoms with E-state index in [1.54, 1.807) is 24.4 Å². The fraction of sp³-hybridized carbons (Fsp3) is 0. The molecule has 0 aliphatic rings. The van der Waals surface area contributed by atoms with Gasteiger partial charge in [0.2, 0.25) is 0 Å². The number of nitrogens with zero attached hydrogens (tertiary/aromatic N) is 2. The quantitative estimate of drug-likeness (QED) is 0.709. The summed E-state index contributed by atoms with van der Waals surface area (Å²) in [4.78, 5) is 4.18. The molecule has 0 saturated heterocycles. The van der Waals surface area contributed by atoms with E-state index in [4.69, 9.17) is 11.0 Å². The van der Waals surface area contributed by atoms with Gasteiger partial charge in [0.1, 0.15) is 6.07 Å². The number of benzene rings is 1. The summed E-state index contributed by atoms with van der Waals surface area (Å²) in [5.74, 6) is 0. The summed E-state index contributed by atoms with van der Waals surface area (Å²) < 4.78 is 0. The van der Waals surface area contributed by atoms with E-state index in [1.807, 2.05) is 18.2 Å². The van der Waals surface area contributed by atoms with Crippen LogP contribution in [-0.2, 0) is 0 Å². The molecule has 0 aliphatic carbocycles. The van der Waals surface area contributed by atoms with Gasteiger partial charge in [-0.2, -0.15) is 5.26 Å². The van der Waals surface area contributed by atoms with Crippen molar-refractivity contribution in [3.05, 3.63) is 48.2 Å². The summed E-state index contributed by atoms with van der Waals surface area (Å²) in [7, 11) is 0. The van der Waals surface area contributed by atoms with Crippen LogP contribution in [0.5, 0.6) is 0 Å². The lowest BCUT2D eigenvalue weighted by atomic mass is 10.1. The first-order valence-corrected chi connectivity index (χ1v) is 4.53. The maximum atomic E-state index is 8.94. The Morgan fingerprint density at radius 2 is 1.93 bits per heavy atom. The van der Waals surface area contributed by atoms with Crippen molar-refractivity contribution in [1.82, 2.24) is 4.98 Å². The number of nitrogen functional groups attached to an aromatic ring is 1. The van der Waals surface area contributed by atoms with Gasteiger partial charge >= 0.3 is 0 Å². The van der Waals surface area contributed by atoms with E-state index < -0.39 is 0 Å². The number of para-hydroxylation sites is 1. The van der Waals surface area contributed by atoms with Crippen LogP contribution in [0.2, 0.25) is 0 Å². The molecule has 0 atom stereocenters. The fourth-order valence-electron chi connectivity index (χ4n) is 1.42. The van der Waals surface area contributed by atoms with Crippen LogP contribution in [0.3, 0.4) is 0 Å². The van der Waals surface area contributed by atoms with Gasteiger partial charge in [0.25, 0.3) is 0 Å². The molecule has 0 bridgehead atoms. The van der Waals surface area contributed by atoms with Gasteiger partial charge in [-0.25, -0.2) is 0 Å². The monoisotopic (exact) mass is 195 g/mol. The molecule has 3 heteroatoms. The SMILES string of the molecule is N#Cc1cccnc1-c1ccccc1N. The maximum Gasteiger partial charge on any atom is 0.101 e. The first-order valence-electron chi connectivity index (χ1n) is 4.53. The lowest BCUT2D eigenvalue weighted by Gasteiger charge is -2.05. The number of anilines is 1. The van der Waals surface area contributed by atoms with Gasteiger partial charge in [-0.3, -0.25) is 4.98 Å². The number of rotatable bonds is 1. The second-order valence-electron chi connectivity index (χ2n) is 3.10. The van der Waals surface area contributed by atoms with Crippen LogP contribution in [0, 0.1) is 11.3 Å². The van der Waals surface area contributed by atoms with Gasteiger partial charge in [-0.05, 0) is 18.2 Å². The highest BCUT2D eigenvalue weighted by atomic mass is 14.7. The van der Waals surface area contributed by atoms with Gasteiger partial charge in [0, 0.05) is 17.4 Å². The van der Waals surface area contributed by atoms with Gasteiger partial charge in [-0.1, -0.05) is 18.2 Å². The third kappa shape index (κ3) is 1.65.